The highest BCUT2D eigenvalue weighted by atomic mass is 16.6. The summed E-state index contributed by atoms with van der Waals surface area (Å²) < 4.78 is 0. The molecule has 1 saturated heterocycles. The molecule has 0 N–H and O–H groups in total. The van der Waals surface area contributed by atoms with Gasteiger partial charge in [-0.2, -0.15) is 0 Å². The van der Waals surface area contributed by atoms with Crippen LogP contribution < -0.4 is 4.90 Å². The monoisotopic (exact) mass is 367 g/mol. The first-order valence-corrected chi connectivity index (χ1v) is 8.81. The molecule has 2 aromatic carbocycles. The Labute approximate surface area is 157 Å². The van der Waals surface area contributed by atoms with Crippen molar-refractivity contribution in [3.05, 3.63) is 69.8 Å². The number of nitro benzene ring substituents is 1. The summed E-state index contributed by atoms with van der Waals surface area (Å²) in [5, 5.41) is 11.1. The molecule has 0 bridgehead atoms. The molecule has 0 radical (unpaired) electrons. The molecule has 1 fully saturated rings. The molecule has 0 aliphatic carbocycles. The maximum atomic E-state index is 12.6. The van der Waals surface area contributed by atoms with Gasteiger partial charge in [0.2, 0.25) is 5.91 Å². The number of carbonyl (C=O) groups is 2. The van der Waals surface area contributed by atoms with E-state index in [0.29, 0.717) is 37.3 Å². The van der Waals surface area contributed by atoms with Gasteiger partial charge in [0, 0.05) is 49.1 Å². The van der Waals surface area contributed by atoms with E-state index in [9.17, 15) is 19.7 Å². The molecular formula is C20H21N3O4. The molecule has 0 saturated carbocycles. The number of anilines is 1. The summed E-state index contributed by atoms with van der Waals surface area (Å²) in [4.78, 5) is 38.5. The van der Waals surface area contributed by atoms with E-state index in [0.717, 1.165) is 5.69 Å². The van der Waals surface area contributed by atoms with E-state index in [2.05, 4.69) is 4.90 Å². The van der Waals surface area contributed by atoms with E-state index >= 15 is 0 Å². The lowest BCUT2D eigenvalue weighted by atomic mass is 10.1. The Hall–Kier alpha value is -3.22. The summed E-state index contributed by atoms with van der Waals surface area (Å²) in [5.41, 5.74) is 2.12. The SMILES string of the molecule is CC(=O)c1ccc(N2CCN(C(=O)Cc3ccccc3[N+](=O)[O-])CC2)cc1. The van der Waals surface area contributed by atoms with Gasteiger partial charge in [-0.3, -0.25) is 19.7 Å². The number of nitro groups is 1. The second kappa shape index (κ2) is 7.99. The van der Waals surface area contributed by atoms with Crippen LogP contribution in [0.2, 0.25) is 0 Å². The van der Waals surface area contributed by atoms with Crippen LogP contribution in [0.1, 0.15) is 22.8 Å². The predicted octanol–water partition coefficient (Wildman–Crippen LogP) is 2.69. The van der Waals surface area contributed by atoms with Crippen LogP contribution in [0.5, 0.6) is 0 Å². The maximum Gasteiger partial charge on any atom is 0.273 e. The Morgan fingerprint density at radius 3 is 2.22 bits per heavy atom. The van der Waals surface area contributed by atoms with E-state index in [-0.39, 0.29) is 23.8 Å². The summed E-state index contributed by atoms with van der Waals surface area (Å²) in [6, 6.07) is 13.8. The number of Topliss-reactive ketones (excluding diaryl/α,β-unsaturated/α-hetero) is 1. The van der Waals surface area contributed by atoms with E-state index in [1.165, 1.54) is 13.0 Å². The van der Waals surface area contributed by atoms with Gasteiger partial charge in [-0.05, 0) is 31.2 Å². The van der Waals surface area contributed by atoms with E-state index < -0.39 is 4.92 Å². The number of para-hydroxylation sites is 1. The quantitative estimate of drug-likeness (QED) is 0.461. The standard InChI is InChI=1S/C20H21N3O4/c1-15(24)16-6-8-18(9-7-16)21-10-12-22(13-11-21)20(25)14-17-4-2-3-5-19(17)23(26)27/h2-9H,10-14H2,1H3. The van der Waals surface area contributed by atoms with Gasteiger partial charge >= 0.3 is 0 Å². The van der Waals surface area contributed by atoms with Crippen molar-refractivity contribution in [3.63, 3.8) is 0 Å². The Balaban J connectivity index is 1.60. The van der Waals surface area contributed by atoms with E-state index in [1.54, 1.807) is 23.1 Å². The van der Waals surface area contributed by atoms with Crippen LogP contribution in [0.4, 0.5) is 11.4 Å². The van der Waals surface area contributed by atoms with Crippen LogP contribution in [0.3, 0.4) is 0 Å². The first-order chi connectivity index (χ1) is 13.0. The van der Waals surface area contributed by atoms with Crippen LogP contribution in [-0.4, -0.2) is 47.7 Å². The zero-order valence-corrected chi connectivity index (χ0v) is 15.1. The zero-order chi connectivity index (χ0) is 19.4. The lowest BCUT2D eigenvalue weighted by molar-refractivity contribution is -0.385. The summed E-state index contributed by atoms with van der Waals surface area (Å²) in [7, 11) is 0. The minimum atomic E-state index is -0.453. The van der Waals surface area contributed by atoms with Crippen molar-refractivity contribution in [2.45, 2.75) is 13.3 Å². The topological polar surface area (TPSA) is 83.8 Å². The van der Waals surface area contributed by atoms with Crippen molar-refractivity contribution in [2.75, 3.05) is 31.1 Å². The third-order valence-corrected chi connectivity index (χ3v) is 4.80. The second-order valence-corrected chi connectivity index (χ2v) is 6.53. The number of hydrogen-bond donors (Lipinski definition) is 0. The molecule has 1 amide bonds. The maximum absolute atomic E-state index is 12.6. The molecule has 0 unspecified atom stereocenters. The first kappa shape index (κ1) is 18.6. The molecule has 7 nitrogen and oxygen atoms in total. The average molecular weight is 367 g/mol. The predicted molar refractivity (Wildman–Crippen MR) is 102 cm³/mol. The third kappa shape index (κ3) is 4.31. The molecule has 27 heavy (non-hydrogen) atoms. The Morgan fingerprint density at radius 2 is 1.63 bits per heavy atom. The summed E-state index contributed by atoms with van der Waals surface area (Å²) >= 11 is 0. The number of ketones is 1. The van der Waals surface area contributed by atoms with Gasteiger partial charge in [-0.1, -0.05) is 18.2 Å². The van der Waals surface area contributed by atoms with Crippen molar-refractivity contribution >= 4 is 23.1 Å². The van der Waals surface area contributed by atoms with Gasteiger partial charge in [-0.15, -0.1) is 0 Å². The lowest BCUT2D eigenvalue weighted by Crippen LogP contribution is -2.49. The normalized spacial score (nSPS) is 14.1. The molecule has 0 atom stereocenters. The smallest absolute Gasteiger partial charge is 0.273 e. The van der Waals surface area contributed by atoms with E-state index in [4.69, 9.17) is 0 Å². The number of benzene rings is 2. The van der Waals surface area contributed by atoms with Gasteiger partial charge in [-0.25, -0.2) is 0 Å². The lowest BCUT2D eigenvalue weighted by Gasteiger charge is -2.36. The highest BCUT2D eigenvalue weighted by Gasteiger charge is 2.23. The van der Waals surface area contributed by atoms with Crippen molar-refractivity contribution in [1.82, 2.24) is 4.90 Å². The third-order valence-electron chi connectivity index (χ3n) is 4.80. The van der Waals surface area contributed by atoms with Gasteiger partial charge in [0.05, 0.1) is 11.3 Å². The van der Waals surface area contributed by atoms with Crippen LogP contribution in [0.15, 0.2) is 48.5 Å². The van der Waals surface area contributed by atoms with Crippen molar-refractivity contribution < 1.29 is 14.5 Å². The van der Waals surface area contributed by atoms with Crippen LogP contribution in [-0.2, 0) is 11.2 Å². The van der Waals surface area contributed by atoms with Crippen LogP contribution in [0, 0.1) is 10.1 Å². The molecule has 2 aromatic rings. The molecule has 0 spiro atoms. The highest BCUT2D eigenvalue weighted by Crippen LogP contribution is 2.21. The zero-order valence-electron chi connectivity index (χ0n) is 15.1. The fourth-order valence-corrected chi connectivity index (χ4v) is 3.23. The fourth-order valence-electron chi connectivity index (χ4n) is 3.23. The minimum absolute atomic E-state index is 0.0185. The number of carbonyl (C=O) groups excluding carboxylic acids is 2. The fraction of sp³-hybridized carbons (Fsp3) is 0.300. The summed E-state index contributed by atoms with van der Waals surface area (Å²) in [5.74, 6) is -0.0668. The molecule has 0 aromatic heterocycles. The highest BCUT2D eigenvalue weighted by molar-refractivity contribution is 5.94. The first-order valence-electron chi connectivity index (χ1n) is 8.81. The number of piperazine rings is 1. The largest absolute Gasteiger partial charge is 0.368 e. The second-order valence-electron chi connectivity index (χ2n) is 6.53. The molecule has 7 heteroatoms. The molecule has 3 rings (SSSR count). The Bertz CT molecular complexity index is 856. The number of rotatable bonds is 5. The van der Waals surface area contributed by atoms with Gasteiger partial charge < -0.3 is 9.80 Å². The molecule has 140 valence electrons. The number of amides is 1. The Morgan fingerprint density at radius 1 is 1.00 bits per heavy atom. The van der Waals surface area contributed by atoms with E-state index in [1.807, 2.05) is 24.3 Å². The van der Waals surface area contributed by atoms with Gasteiger partial charge in [0.1, 0.15) is 0 Å². The van der Waals surface area contributed by atoms with Crippen LogP contribution >= 0.6 is 0 Å². The Kier molecular flexibility index (Phi) is 5.49. The average Bonchev–Trinajstić information content (AvgIpc) is 2.68. The van der Waals surface area contributed by atoms with Crippen molar-refractivity contribution in [1.29, 1.82) is 0 Å². The van der Waals surface area contributed by atoms with Crippen LogP contribution in [0.25, 0.3) is 0 Å². The molecule has 1 heterocycles. The molecule has 1 aliphatic rings. The van der Waals surface area contributed by atoms with Gasteiger partial charge in [0.15, 0.2) is 5.78 Å². The minimum Gasteiger partial charge on any atom is -0.368 e. The number of nitrogens with zero attached hydrogens (tertiary/aromatic N) is 3. The number of hydrogen-bond acceptors (Lipinski definition) is 5. The summed E-state index contributed by atoms with van der Waals surface area (Å²) in [6.07, 6.45) is 0.0322. The van der Waals surface area contributed by atoms with Gasteiger partial charge in [0.25, 0.3) is 5.69 Å². The summed E-state index contributed by atoms with van der Waals surface area (Å²) in [6.45, 7) is 4.03. The van der Waals surface area contributed by atoms with Crippen molar-refractivity contribution in [3.8, 4) is 0 Å². The molecule has 1 aliphatic heterocycles. The van der Waals surface area contributed by atoms with Crippen molar-refractivity contribution in [2.24, 2.45) is 0 Å². The molecular weight excluding hydrogens is 346 g/mol.